The van der Waals surface area contributed by atoms with Gasteiger partial charge in [-0.3, -0.25) is 9.59 Å². The number of aliphatic carboxylic acids is 1. The van der Waals surface area contributed by atoms with Crippen molar-refractivity contribution in [1.29, 1.82) is 0 Å². The first-order chi connectivity index (χ1) is 13.5. The number of primary amides is 1. The molecule has 3 N–H and O–H groups in total. The zero-order chi connectivity index (χ0) is 20.2. The molecule has 3 rings (SSSR count). The predicted molar refractivity (Wildman–Crippen MR) is 105 cm³/mol. The first-order valence-corrected chi connectivity index (χ1v) is 10.3. The van der Waals surface area contributed by atoms with Crippen molar-refractivity contribution in [2.45, 2.75) is 70.0 Å². The second-order valence-corrected chi connectivity index (χ2v) is 8.09. The van der Waals surface area contributed by atoms with E-state index in [0.717, 1.165) is 31.4 Å². The van der Waals surface area contributed by atoms with Gasteiger partial charge in [0.05, 0.1) is 12.7 Å². The van der Waals surface area contributed by atoms with Crippen LogP contribution in [0.15, 0.2) is 30.3 Å². The van der Waals surface area contributed by atoms with Crippen molar-refractivity contribution in [3.05, 3.63) is 30.3 Å². The van der Waals surface area contributed by atoms with E-state index in [1.165, 1.54) is 0 Å². The van der Waals surface area contributed by atoms with Gasteiger partial charge in [0.25, 0.3) is 5.91 Å². The molecule has 0 saturated carbocycles. The molecule has 2 heterocycles. The summed E-state index contributed by atoms with van der Waals surface area (Å²) in [6, 6.07) is 9.48. The molecule has 1 aromatic rings. The van der Waals surface area contributed by atoms with E-state index in [1.54, 1.807) is 0 Å². The molecule has 2 aliphatic rings. The summed E-state index contributed by atoms with van der Waals surface area (Å²) in [6.45, 7) is 2.52. The minimum atomic E-state index is -1.40. The van der Waals surface area contributed by atoms with Crippen molar-refractivity contribution >= 4 is 11.9 Å². The quantitative estimate of drug-likeness (QED) is 0.564. The van der Waals surface area contributed by atoms with Gasteiger partial charge in [-0.2, -0.15) is 0 Å². The van der Waals surface area contributed by atoms with Crippen LogP contribution in [0.5, 0.6) is 5.75 Å². The van der Waals surface area contributed by atoms with Crippen molar-refractivity contribution < 1.29 is 24.2 Å². The number of rotatable bonds is 11. The molecule has 4 unspecified atom stereocenters. The van der Waals surface area contributed by atoms with Crippen molar-refractivity contribution in [3.8, 4) is 5.75 Å². The molecule has 0 spiro atoms. The number of unbranched alkanes of at least 4 members (excludes halogenated alkanes) is 2. The summed E-state index contributed by atoms with van der Waals surface area (Å²) in [4.78, 5) is 25.0. The molecule has 154 valence electrons. The SMILES string of the molecule is CCCCCC(CCOc1ccccc1)C1(C(=O)O)CC2CCC1(C(N)=O)O2. The Labute approximate surface area is 166 Å². The number of fused-ring (bicyclic) bond motifs is 2. The maximum atomic E-state index is 12.6. The van der Waals surface area contributed by atoms with Gasteiger partial charge in [-0.1, -0.05) is 44.4 Å². The molecule has 0 radical (unpaired) electrons. The van der Waals surface area contributed by atoms with Gasteiger partial charge in [0.15, 0.2) is 5.60 Å². The summed E-state index contributed by atoms with van der Waals surface area (Å²) >= 11 is 0. The molecule has 28 heavy (non-hydrogen) atoms. The van der Waals surface area contributed by atoms with Gasteiger partial charge >= 0.3 is 5.97 Å². The smallest absolute Gasteiger partial charge is 0.313 e. The van der Waals surface area contributed by atoms with Crippen LogP contribution < -0.4 is 10.5 Å². The first-order valence-electron chi connectivity index (χ1n) is 10.3. The molecule has 0 aliphatic carbocycles. The third-order valence-corrected chi connectivity index (χ3v) is 6.57. The lowest BCUT2D eigenvalue weighted by atomic mass is 9.56. The number of ether oxygens (including phenoxy) is 2. The van der Waals surface area contributed by atoms with Gasteiger partial charge in [0, 0.05) is 0 Å². The zero-order valence-corrected chi connectivity index (χ0v) is 16.6. The average molecular weight is 389 g/mol. The summed E-state index contributed by atoms with van der Waals surface area (Å²) < 4.78 is 11.8. The monoisotopic (exact) mass is 389 g/mol. The Kier molecular flexibility index (Phi) is 6.28. The minimum Gasteiger partial charge on any atom is -0.494 e. The molecule has 6 nitrogen and oxygen atoms in total. The normalized spacial score (nSPS) is 29.5. The van der Waals surface area contributed by atoms with Gasteiger partial charge in [-0.25, -0.2) is 0 Å². The van der Waals surface area contributed by atoms with Crippen LogP contribution in [0.3, 0.4) is 0 Å². The van der Waals surface area contributed by atoms with Crippen molar-refractivity contribution in [1.82, 2.24) is 0 Å². The fourth-order valence-electron chi connectivity index (χ4n) is 5.21. The molecule has 6 heteroatoms. The molecule has 4 atom stereocenters. The van der Waals surface area contributed by atoms with Gasteiger partial charge in [0.2, 0.25) is 0 Å². The summed E-state index contributed by atoms with van der Waals surface area (Å²) in [5.41, 5.74) is 3.07. The van der Waals surface area contributed by atoms with Crippen molar-refractivity contribution in [2.75, 3.05) is 6.61 Å². The number of amides is 1. The average Bonchev–Trinajstić information content (AvgIpc) is 3.26. The number of nitrogens with two attached hydrogens (primary N) is 1. The first kappa shape index (κ1) is 20.6. The summed E-state index contributed by atoms with van der Waals surface area (Å²) in [7, 11) is 0. The highest BCUT2D eigenvalue weighted by atomic mass is 16.5. The lowest BCUT2D eigenvalue weighted by Gasteiger charge is -2.44. The number of para-hydroxylation sites is 1. The topological polar surface area (TPSA) is 98.9 Å². The van der Waals surface area contributed by atoms with Gasteiger partial charge < -0.3 is 20.3 Å². The van der Waals surface area contributed by atoms with Crippen LogP contribution >= 0.6 is 0 Å². The predicted octanol–water partition coefficient (Wildman–Crippen LogP) is 3.53. The highest BCUT2D eigenvalue weighted by Gasteiger charge is 2.72. The van der Waals surface area contributed by atoms with E-state index in [9.17, 15) is 14.7 Å². The van der Waals surface area contributed by atoms with E-state index in [2.05, 4.69) is 6.92 Å². The Balaban J connectivity index is 1.83. The van der Waals surface area contributed by atoms with E-state index >= 15 is 0 Å². The molecular formula is C22H31NO5. The summed E-state index contributed by atoms with van der Waals surface area (Å²) in [6.07, 6.45) is 5.51. The van der Waals surface area contributed by atoms with Crippen LogP contribution in [0.2, 0.25) is 0 Å². The molecule has 1 aromatic carbocycles. The largest absolute Gasteiger partial charge is 0.494 e. The number of hydrogen-bond donors (Lipinski definition) is 2. The van der Waals surface area contributed by atoms with Crippen molar-refractivity contribution in [3.63, 3.8) is 0 Å². The zero-order valence-electron chi connectivity index (χ0n) is 16.6. The van der Waals surface area contributed by atoms with Crippen LogP contribution in [0.4, 0.5) is 0 Å². The molecule has 2 saturated heterocycles. The fraction of sp³-hybridized carbons (Fsp3) is 0.636. The highest BCUT2D eigenvalue weighted by Crippen LogP contribution is 2.61. The Hall–Kier alpha value is -2.08. The van der Waals surface area contributed by atoms with E-state index in [1.807, 2.05) is 30.3 Å². The Morgan fingerprint density at radius 1 is 1.29 bits per heavy atom. The van der Waals surface area contributed by atoms with Crippen LogP contribution in [-0.4, -0.2) is 35.3 Å². The number of carbonyl (C=O) groups is 2. The van der Waals surface area contributed by atoms with E-state index in [0.29, 0.717) is 32.3 Å². The van der Waals surface area contributed by atoms with Crippen LogP contribution in [0, 0.1) is 11.3 Å². The number of hydrogen-bond acceptors (Lipinski definition) is 4. The minimum absolute atomic E-state index is 0.202. The fourth-order valence-corrected chi connectivity index (χ4v) is 5.21. The number of carboxylic acids is 1. The van der Waals surface area contributed by atoms with E-state index in [4.69, 9.17) is 15.2 Å². The van der Waals surface area contributed by atoms with Gasteiger partial charge in [0.1, 0.15) is 11.2 Å². The lowest BCUT2D eigenvalue weighted by Crippen LogP contribution is -2.61. The van der Waals surface area contributed by atoms with E-state index in [-0.39, 0.29) is 12.0 Å². The van der Waals surface area contributed by atoms with E-state index < -0.39 is 22.9 Å². The molecule has 2 aliphatic heterocycles. The van der Waals surface area contributed by atoms with Crippen LogP contribution in [0.1, 0.15) is 58.3 Å². The molecule has 0 aromatic heterocycles. The Morgan fingerprint density at radius 2 is 2.04 bits per heavy atom. The van der Waals surface area contributed by atoms with Crippen LogP contribution in [0.25, 0.3) is 0 Å². The maximum Gasteiger partial charge on any atom is 0.313 e. The van der Waals surface area contributed by atoms with Gasteiger partial charge in [-0.05, 0) is 50.2 Å². The van der Waals surface area contributed by atoms with Crippen molar-refractivity contribution in [2.24, 2.45) is 17.1 Å². The number of benzene rings is 1. The van der Waals surface area contributed by atoms with Crippen LogP contribution in [-0.2, 0) is 14.3 Å². The maximum absolute atomic E-state index is 12.6. The standard InChI is InChI=1S/C22H31NO5/c1-2-3-5-8-16(12-14-27-17-9-6-4-7-10-17)21(20(25)26)15-18-11-13-22(21,28-18)19(23)24/h4,6-7,9-10,16,18H,2-3,5,8,11-15H2,1H3,(H2,23,24)(H,25,26). The van der Waals surface area contributed by atoms with Gasteiger partial charge in [-0.15, -0.1) is 0 Å². The second-order valence-electron chi connectivity index (χ2n) is 8.09. The molecule has 2 bridgehead atoms. The molecule has 2 fully saturated rings. The molecule has 1 amide bonds. The highest BCUT2D eigenvalue weighted by molar-refractivity contribution is 5.93. The summed E-state index contributed by atoms with van der Waals surface area (Å²) in [5.74, 6) is -1.07. The Morgan fingerprint density at radius 3 is 2.64 bits per heavy atom. The lowest BCUT2D eigenvalue weighted by molar-refractivity contribution is -0.175. The number of carbonyl (C=O) groups excluding carboxylic acids is 1. The Bertz CT molecular complexity index is 693. The third kappa shape index (κ3) is 3.50. The third-order valence-electron chi connectivity index (χ3n) is 6.57. The second kappa shape index (κ2) is 8.52. The summed E-state index contributed by atoms with van der Waals surface area (Å²) in [5, 5.41) is 10.3. The number of carboxylic acid groups (broad SMARTS) is 1. The molecular weight excluding hydrogens is 358 g/mol.